The molecule has 0 aliphatic rings. The van der Waals surface area contributed by atoms with Crippen molar-refractivity contribution in [3.8, 4) is 12.1 Å². The standard InChI is InChI=1S/C44H64N4O4/c1-43(2,31-23-13-9-5-7-11-15-25-33-51-41(49)37-27-19-17-20-28-37)47-39(35-45)40(36-46)48-44(3,4)32-24-14-10-6-8-12-16-26-34-52-42(50)38-29-21-18-22-30-38/h17-22,27-30,47-48H,5-16,23-26,31-34H2,1-4H3/b40-39-. The van der Waals surface area contributed by atoms with Gasteiger partial charge in [0.25, 0.3) is 0 Å². The lowest BCUT2D eigenvalue weighted by Gasteiger charge is -2.30. The van der Waals surface area contributed by atoms with E-state index in [1.54, 1.807) is 24.3 Å². The van der Waals surface area contributed by atoms with Crippen molar-refractivity contribution in [3.63, 3.8) is 0 Å². The van der Waals surface area contributed by atoms with Crippen molar-refractivity contribution in [2.24, 2.45) is 0 Å². The summed E-state index contributed by atoms with van der Waals surface area (Å²) in [6.07, 6.45) is 19.5. The van der Waals surface area contributed by atoms with Crippen LogP contribution in [0.25, 0.3) is 0 Å². The van der Waals surface area contributed by atoms with Gasteiger partial charge < -0.3 is 20.1 Å². The molecule has 2 aromatic carbocycles. The average molecular weight is 713 g/mol. The molecule has 0 heterocycles. The molecule has 284 valence electrons. The molecule has 52 heavy (non-hydrogen) atoms. The molecule has 8 heteroatoms. The summed E-state index contributed by atoms with van der Waals surface area (Å²) in [5.74, 6) is -0.502. The zero-order chi connectivity index (χ0) is 37.9. The molecule has 0 amide bonds. The SMILES string of the molecule is CC(C)(CCCCCCCCCCOC(=O)c1ccccc1)N/C(C#N)=C(/C#N)NC(C)(C)CCCCCCCCCCOC(=O)c1ccccc1. The zero-order valence-corrected chi connectivity index (χ0v) is 32.4. The van der Waals surface area contributed by atoms with Crippen molar-refractivity contribution in [1.82, 2.24) is 10.6 Å². The second-order valence-electron chi connectivity index (χ2n) is 15.2. The molecule has 0 unspecified atom stereocenters. The minimum absolute atomic E-state index is 0.251. The summed E-state index contributed by atoms with van der Waals surface area (Å²) in [4.78, 5) is 24.0. The summed E-state index contributed by atoms with van der Waals surface area (Å²) in [6, 6.07) is 22.7. The van der Waals surface area contributed by atoms with Crippen LogP contribution in [-0.4, -0.2) is 36.2 Å². The lowest BCUT2D eigenvalue weighted by molar-refractivity contribution is 0.0488. The van der Waals surface area contributed by atoms with Crippen LogP contribution in [0, 0.1) is 22.7 Å². The van der Waals surface area contributed by atoms with Crippen LogP contribution < -0.4 is 10.6 Å². The topological polar surface area (TPSA) is 124 Å². The normalized spacial score (nSPS) is 11.9. The lowest BCUT2D eigenvalue weighted by atomic mass is 9.94. The Morgan fingerprint density at radius 2 is 0.788 bits per heavy atom. The molecule has 2 rings (SSSR count). The quantitative estimate of drug-likeness (QED) is 0.0507. The Bertz CT molecular complexity index is 1300. The number of hydrogen-bond donors (Lipinski definition) is 2. The third-order valence-corrected chi connectivity index (χ3v) is 9.28. The maximum Gasteiger partial charge on any atom is 0.338 e. The highest BCUT2D eigenvalue weighted by Gasteiger charge is 2.24. The van der Waals surface area contributed by atoms with Crippen molar-refractivity contribution in [3.05, 3.63) is 83.2 Å². The van der Waals surface area contributed by atoms with Crippen LogP contribution >= 0.6 is 0 Å². The van der Waals surface area contributed by atoms with Gasteiger partial charge in [0.2, 0.25) is 0 Å². The predicted molar refractivity (Wildman–Crippen MR) is 209 cm³/mol. The number of nitrogens with one attached hydrogen (secondary N) is 2. The van der Waals surface area contributed by atoms with Crippen LogP contribution in [0.15, 0.2) is 72.1 Å². The van der Waals surface area contributed by atoms with E-state index in [1.165, 1.54) is 38.5 Å². The Kier molecular flexibility index (Phi) is 21.6. The van der Waals surface area contributed by atoms with Crippen molar-refractivity contribution in [2.45, 2.75) is 154 Å². The van der Waals surface area contributed by atoms with Gasteiger partial charge in [-0.15, -0.1) is 0 Å². The van der Waals surface area contributed by atoms with Crippen LogP contribution in [0.2, 0.25) is 0 Å². The average Bonchev–Trinajstić information content (AvgIpc) is 3.14. The van der Waals surface area contributed by atoms with Gasteiger partial charge in [0.15, 0.2) is 0 Å². The first-order chi connectivity index (χ1) is 25.1. The summed E-state index contributed by atoms with van der Waals surface area (Å²) in [7, 11) is 0. The maximum atomic E-state index is 12.0. The summed E-state index contributed by atoms with van der Waals surface area (Å²) in [5.41, 5.74) is 1.21. The minimum atomic E-state index is -0.303. The van der Waals surface area contributed by atoms with Crippen LogP contribution in [0.4, 0.5) is 0 Å². The van der Waals surface area contributed by atoms with E-state index in [4.69, 9.17) is 9.47 Å². The van der Waals surface area contributed by atoms with Gasteiger partial charge in [-0.25, -0.2) is 9.59 Å². The molecule has 2 N–H and O–H groups in total. The van der Waals surface area contributed by atoms with Gasteiger partial charge in [-0.3, -0.25) is 0 Å². The Morgan fingerprint density at radius 3 is 1.10 bits per heavy atom. The maximum absolute atomic E-state index is 12.0. The van der Waals surface area contributed by atoms with Gasteiger partial charge in [-0.1, -0.05) is 126 Å². The summed E-state index contributed by atoms with van der Waals surface area (Å²) in [6.45, 7) is 9.31. The number of allylic oxidation sites excluding steroid dienone is 2. The Morgan fingerprint density at radius 1 is 0.500 bits per heavy atom. The van der Waals surface area contributed by atoms with E-state index in [9.17, 15) is 20.1 Å². The van der Waals surface area contributed by atoms with E-state index >= 15 is 0 Å². The van der Waals surface area contributed by atoms with Crippen LogP contribution in [0.1, 0.15) is 164 Å². The molecule has 2 aromatic rings. The van der Waals surface area contributed by atoms with Crippen LogP contribution in [0.3, 0.4) is 0 Å². The third-order valence-electron chi connectivity index (χ3n) is 9.28. The smallest absolute Gasteiger partial charge is 0.338 e. The first kappa shape index (κ1) is 43.9. The number of benzene rings is 2. The third kappa shape index (κ3) is 19.9. The predicted octanol–water partition coefficient (Wildman–Crippen LogP) is 10.7. The number of rotatable bonds is 28. The summed E-state index contributed by atoms with van der Waals surface area (Å²) < 4.78 is 10.7. The van der Waals surface area contributed by atoms with Gasteiger partial charge in [0.05, 0.1) is 24.3 Å². The molecule has 0 saturated heterocycles. The number of carbonyl (C=O) groups is 2. The van der Waals surface area contributed by atoms with Crippen molar-refractivity contribution < 1.29 is 19.1 Å². The van der Waals surface area contributed by atoms with E-state index in [0.717, 1.165) is 77.0 Å². The van der Waals surface area contributed by atoms with E-state index < -0.39 is 0 Å². The van der Waals surface area contributed by atoms with E-state index in [-0.39, 0.29) is 23.0 Å². The first-order valence-corrected chi connectivity index (χ1v) is 19.6. The molecule has 0 atom stereocenters. The number of nitriles is 2. The molecule has 0 aliphatic carbocycles. The molecule has 0 bridgehead atoms. The number of ether oxygens (including phenoxy) is 2. The second kappa shape index (κ2) is 25.6. The van der Waals surface area contributed by atoms with Crippen LogP contribution in [-0.2, 0) is 9.47 Å². The van der Waals surface area contributed by atoms with Crippen LogP contribution in [0.5, 0.6) is 0 Å². The van der Waals surface area contributed by atoms with E-state index in [0.29, 0.717) is 35.7 Å². The highest BCUT2D eigenvalue weighted by molar-refractivity contribution is 5.89. The number of hydrogen-bond acceptors (Lipinski definition) is 8. The number of unbranched alkanes of at least 4 members (excludes halogenated alkanes) is 14. The molecule has 0 fully saturated rings. The Balaban J connectivity index is 1.53. The van der Waals surface area contributed by atoms with Crippen molar-refractivity contribution >= 4 is 11.9 Å². The molecule has 8 nitrogen and oxygen atoms in total. The molecule has 0 spiro atoms. The Labute approximate surface area is 314 Å². The Hall–Kier alpha value is -4.30. The van der Waals surface area contributed by atoms with E-state index in [1.807, 2.05) is 36.4 Å². The fraction of sp³-hybridized carbons (Fsp3) is 0.591. The van der Waals surface area contributed by atoms with Crippen molar-refractivity contribution in [1.29, 1.82) is 10.5 Å². The second-order valence-corrected chi connectivity index (χ2v) is 15.2. The monoisotopic (exact) mass is 712 g/mol. The molecule has 0 saturated carbocycles. The molecular weight excluding hydrogens is 649 g/mol. The van der Waals surface area contributed by atoms with Gasteiger partial charge in [0, 0.05) is 11.1 Å². The summed E-state index contributed by atoms with van der Waals surface area (Å²) >= 11 is 0. The first-order valence-electron chi connectivity index (χ1n) is 19.6. The zero-order valence-electron chi connectivity index (χ0n) is 32.4. The van der Waals surface area contributed by atoms with Gasteiger partial charge in [-0.2, -0.15) is 10.5 Å². The highest BCUT2D eigenvalue weighted by Crippen LogP contribution is 2.21. The van der Waals surface area contributed by atoms with Gasteiger partial charge in [-0.05, 0) is 77.6 Å². The highest BCUT2D eigenvalue weighted by atomic mass is 16.5. The molecule has 0 aromatic heterocycles. The summed E-state index contributed by atoms with van der Waals surface area (Å²) in [5, 5.41) is 26.6. The fourth-order valence-electron chi connectivity index (χ4n) is 6.20. The number of nitrogens with zero attached hydrogens (tertiary/aromatic N) is 2. The van der Waals surface area contributed by atoms with E-state index in [2.05, 4.69) is 50.5 Å². The molecular formula is C44H64N4O4. The van der Waals surface area contributed by atoms with Crippen molar-refractivity contribution in [2.75, 3.05) is 13.2 Å². The van der Waals surface area contributed by atoms with Gasteiger partial charge in [0.1, 0.15) is 23.5 Å². The minimum Gasteiger partial charge on any atom is -0.462 e. The molecule has 0 aliphatic heterocycles. The molecule has 0 radical (unpaired) electrons. The number of esters is 2. The lowest BCUT2D eigenvalue weighted by Crippen LogP contribution is -2.43. The number of carbonyl (C=O) groups excluding carboxylic acids is 2. The largest absolute Gasteiger partial charge is 0.462 e. The van der Waals surface area contributed by atoms with Gasteiger partial charge >= 0.3 is 11.9 Å². The fourth-order valence-corrected chi connectivity index (χ4v) is 6.20.